The lowest BCUT2D eigenvalue weighted by Crippen LogP contribution is -2.27. The molecule has 0 N–H and O–H groups in total. The largest absolute Gasteiger partial charge is 0.496 e. The number of benzene rings is 2. The summed E-state index contributed by atoms with van der Waals surface area (Å²) in [6.45, 7) is 4.49. The Labute approximate surface area is 185 Å². The van der Waals surface area contributed by atoms with E-state index < -0.39 is 0 Å². The van der Waals surface area contributed by atoms with Crippen molar-refractivity contribution in [1.29, 1.82) is 0 Å². The molecule has 1 amide bonds. The Morgan fingerprint density at radius 3 is 2.60 bits per heavy atom. The summed E-state index contributed by atoms with van der Waals surface area (Å²) in [7, 11) is 1.66. The van der Waals surface area contributed by atoms with Crippen LogP contribution in [0.3, 0.4) is 0 Å². The number of aryl methyl sites for hydroxylation is 1. The van der Waals surface area contributed by atoms with Gasteiger partial charge in [0.2, 0.25) is 0 Å². The van der Waals surface area contributed by atoms with Crippen LogP contribution in [0.2, 0.25) is 0 Å². The third kappa shape index (κ3) is 3.78. The van der Waals surface area contributed by atoms with Gasteiger partial charge in [-0.25, -0.2) is 4.68 Å². The minimum Gasteiger partial charge on any atom is -0.496 e. The first-order valence-corrected chi connectivity index (χ1v) is 10.8. The monoisotopic (exact) mass is 435 g/mol. The number of methoxy groups -OCH3 is 1. The van der Waals surface area contributed by atoms with E-state index in [9.17, 15) is 4.79 Å². The van der Waals surface area contributed by atoms with Gasteiger partial charge in [-0.15, -0.1) is 0 Å². The van der Waals surface area contributed by atoms with Crippen LogP contribution in [0.25, 0.3) is 23.0 Å². The van der Waals surface area contributed by atoms with Gasteiger partial charge in [0.25, 0.3) is 5.91 Å². The van der Waals surface area contributed by atoms with Crippen LogP contribution in [0.4, 0.5) is 0 Å². The maximum atomic E-state index is 12.7. The highest BCUT2D eigenvalue weighted by molar-refractivity contribution is 8.26. The number of nitrogens with zero attached hydrogens (tertiary/aromatic N) is 3. The van der Waals surface area contributed by atoms with E-state index in [1.54, 1.807) is 12.0 Å². The molecule has 3 aromatic rings. The minimum atomic E-state index is -0.0585. The van der Waals surface area contributed by atoms with E-state index in [-0.39, 0.29) is 5.91 Å². The van der Waals surface area contributed by atoms with Crippen LogP contribution in [0, 0.1) is 6.92 Å². The van der Waals surface area contributed by atoms with Crippen molar-refractivity contribution in [3.8, 4) is 22.7 Å². The highest BCUT2D eigenvalue weighted by Gasteiger charge is 2.31. The van der Waals surface area contributed by atoms with Gasteiger partial charge < -0.3 is 4.74 Å². The van der Waals surface area contributed by atoms with E-state index in [2.05, 4.69) is 0 Å². The Morgan fingerprint density at radius 1 is 1.20 bits per heavy atom. The van der Waals surface area contributed by atoms with Gasteiger partial charge in [0.15, 0.2) is 0 Å². The van der Waals surface area contributed by atoms with E-state index >= 15 is 0 Å². The fourth-order valence-corrected chi connectivity index (χ4v) is 4.74. The Hall–Kier alpha value is -2.90. The van der Waals surface area contributed by atoms with Gasteiger partial charge in [-0.2, -0.15) is 5.10 Å². The number of para-hydroxylation sites is 1. The van der Waals surface area contributed by atoms with Crippen LogP contribution in [-0.2, 0) is 4.79 Å². The van der Waals surface area contributed by atoms with Gasteiger partial charge in [-0.3, -0.25) is 9.69 Å². The molecule has 0 atom stereocenters. The maximum absolute atomic E-state index is 12.7. The topological polar surface area (TPSA) is 47.4 Å². The highest BCUT2D eigenvalue weighted by Crippen LogP contribution is 2.35. The average Bonchev–Trinajstić information content (AvgIpc) is 3.29. The molecule has 7 heteroatoms. The molecule has 0 radical (unpaired) electrons. The molecule has 0 bridgehead atoms. The molecule has 0 spiro atoms. The Bertz CT molecular complexity index is 1150. The summed E-state index contributed by atoms with van der Waals surface area (Å²) in [5.41, 5.74) is 4.59. The first kappa shape index (κ1) is 20.4. The fraction of sp³-hybridized carbons (Fsp3) is 0.174. The van der Waals surface area contributed by atoms with Crippen molar-refractivity contribution in [2.45, 2.75) is 13.8 Å². The number of thioether (sulfide) groups is 1. The fourth-order valence-electron chi connectivity index (χ4n) is 3.37. The molecule has 0 saturated carbocycles. The Morgan fingerprint density at radius 2 is 1.97 bits per heavy atom. The second kappa shape index (κ2) is 8.45. The lowest BCUT2D eigenvalue weighted by Gasteiger charge is -2.09. The van der Waals surface area contributed by atoms with Crippen LogP contribution >= 0.6 is 24.0 Å². The molecule has 1 aliphatic rings. The number of carbonyl (C=O) groups excluding carboxylic acids is 1. The van der Waals surface area contributed by atoms with Crippen molar-refractivity contribution in [1.82, 2.24) is 14.7 Å². The number of likely N-dealkylation sites (N-methyl/N-ethyl adjacent to an activating group) is 1. The Kier molecular flexibility index (Phi) is 5.74. The molecule has 5 nitrogen and oxygen atoms in total. The van der Waals surface area contributed by atoms with Crippen molar-refractivity contribution < 1.29 is 9.53 Å². The van der Waals surface area contributed by atoms with Gasteiger partial charge in [-0.1, -0.05) is 42.2 Å². The molecule has 0 unspecified atom stereocenters. The predicted molar refractivity (Wildman–Crippen MR) is 126 cm³/mol. The number of rotatable bonds is 5. The van der Waals surface area contributed by atoms with Gasteiger partial charge in [0.1, 0.15) is 15.8 Å². The first-order valence-electron chi connectivity index (χ1n) is 9.57. The number of thiocarbonyl (C=S) groups is 1. The molecular weight excluding hydrogens is 414 g/mol. The SMILES string of the molecule is CCN1C(=O)/C(=C\c2cn(-c3ccccc3)nc2-c2ccc(OC)c(C)c2)SC1=S. The predicted octanol–water partition coefficient (Wildman–Crippen LogP) is 5.08. The molecule has 4 rings (SSSR count). The molecule has 1 aliphatic heterocycles. The van der Waals surface area contributed by atoms with Gasteiger partial charge >= 0.3 is 0 Å². The summed E-state index contributed by atoms with van der Waals surface area (Å²) in [6, 6.07) is 15.9. The van der Waals surface area contributed by atoms with Crippen molar-refractivity contribution in [2.75, 3.05) is 13.7 Å². The summed E-state index contributed by atoms with van der Waals surface area (Å²) >= 11 is 6.69. The molecule has 152 valence electrons. The zero-order valence-corrected chi connectivity index (χ0v) is 18.6. The molecule has 30 heavy (non-hydrogen) atoms. The van der Waals surface area contributed by atoms with E-state index in [4.69, 9.17) is 22.1 Å². The molecule has 1 saturated heterocycles. The zero-order chi connectivity index (χ0) is 21.3. The summed E-state index contributed by atoms with van der Waals surface area (Å²) in [6.07, 6.45) is 3.83. The first-order chi connectivity index (χ1) is 14.5. The molecule has 0 aliphatic carbocycles. The zero-order valence-electron chi connectivity index (χ0n) is 17.0. The van der Waals surface area contributed by atoms with E-state index in [1.807, 2.05) is 79.3 Å². The number of amides is 1. The molecule has 2 aromatic carbocycles. The number of hydrogen-bond acceptors (Lipinski definition) is 5. The summed E-state index contributed by atoms with van der Waals surface area (Å²) in [5.74, 6) is 0.767. The number of ether oxygens (including phenoxy) is 1. The normalized spacial score (nSPS) is 15.3. The van der Waals surface area contributed by atoms with Crippen molar-refractivity contribution in [3.05, 3.63) is 70.8 Å². The lowest BCUT2D eigenvalue weighted by molar-refractivity contribution is -0.121. The third-order valence-electron chi connectivity index (χ3n) is 4.91. The van der Waals surface area contributed by atoms with Gasteiger partial charge in [0, 0.05) is 23.9 Å². The van der Waals surface area contributed by atoms with E-state index in [0.717, 1.165) is 33.8 Å². The van der Waals surface area contributed by atoms with Crippen LogP contribution < -0.4 is 4.74 Å². The van der Waals surface area contributed by atoms with Crippen LogP contribution in [0.5, 0.6) is 5.75 Å². The van der Waals surface area contributed by atoms with E-state index in [1.165, 1.54) is 11.8 Å². The van der Waals surface area contributed by atoms with Gasteiger partial charge in [-0.05, 0) is 55.8 Å². The van der Waals surface area contributed by atoms with Crippen LogP contribution in [-0.4, -0.2) is 38.6 Å². The second-order valence-corrected chi connectivity index (χ2v) is 8.50. The minimum absolute atomic E-state index is 0.0585. The highest BCUT2D eigenvalue weighted by atomic mass is 32.2. The number of carbonyl (C=O) groups is 1. The van der Waals surface area contributed by atoms with Crippen LogP contribution in [0.15, 0.2) is 59.6 Å². The van der Waals surface area contributed by atoms with Gasteiger partial charge in [0.05, 0.1) is 17.7 Å². The molecule has 1 fully saturated rings. The van der Waals surface area contributed by atoms with Crippen molar-refractivity contribution in [3.63, 3.8) is 0 Å². The second-order valence-electron chi connectivity index (χ2n) is 6.82. The quantitative estimate of drug-likeness (QED) is 0.413. The maximum Gasteiger partial charge on any atom is 0.266 e. The van der Waals surface area contributed by atoms with Crippen molar-refractivity contribution in [2.24, 2.45) is 0 Å². The lowest BCUT2D eigenvalue weighted by atomic mass is 10.0. The third-order valence-corrected chi connectivity index (χ3v) is 6.29. The molecule has 2 heterocycles. The summed E-state index contributed by atoms with van der Waals surface area (Å²) in [5, 5.41) is 4.84. The van der Waals surface area contributed by atoms with Crippen LogP contribution in [0.1, 0.15) is 18.1 Å². The summed E-state index contributed by atoms with van der Waals surface area (Å²) < 4.78 is 7.82. The summed E-state index contributed by atoms with van der Waals surface area (Å²) in [4.78, 5) is 14.9. The Balaban J connectivity index is 1.84. The molecule has 1 aromatic heterocycles. The average molecular weight is 436 g/mol. The molecular formula is C23H21N3O2S2. The van der Waals surface area contributed by atoms with E-state index in [0.29, 0.717) is 15.8 Å². The standard InChI is InChI=1S/C23H21N3O2S2/c1-4-25-22(27)20(30-23(25)29)13-17-14-26(18-8-6-5-7-9-18)24-21(17)16-10-11-19(28-3)15(2)12-16/h5-14H,4H2,1-3H3/b20-13+. The van der Waals surface area contributed by atoms with Crippen molar-refractivity contribution >= 4 is 40.3 Å². The number of aromatic nitrogens is 2. The smallest absolute Gasteiger partial charge is 0.266 e. The number of hydrogen-bond donors (Lipinski definition) is 0.